The molecule has 1 unspecified atom stereocenters. The van der Waals surface area contributed by atoms with Gasteiger partial charge in [0.1, 0.15) is 22.0 Å². The topological polar surface area (TPSA) is 54.9 Å². The number of nitrogens with zero attached hydrogens (tertiary/aromatic N) is 2. The van der Waals surface area contributed by atoms with Crippen molar-refractivity contribution in [2.75, 3.05) is 6.54 Å². The number of benzene rings is 1. The molecular formula is C18H18FN3OS2. The second kappa shape index (κ2) is 7.93. The van der Waals surface area contributed by atoms with Crippen LogP contribution in [0.1, 0.15) is 20.3 Å². The van der Waals surface area contributed by atoms with Crippen LogP contribution in [0.4, 0.5) is 4.39 Å². The van der Waals surface area contributed by atoms with Crippen molar-refractivity contribution in [1.82, 2.24) is 15.3 Å². The third kappa shape index (κ3) is 3.99. The molecule has 1 amide bonds. The first kappa shape index (κ1) is 17.8. The van der Waals surface area contributed by atoms with Crippen molar-refractivity contribution in [3.8, 4) is 11.1 Å². The maximum atomic E-state index is 13.2. The fourth-order valence-corrected chi connectivity index (χ4v) is 4.33. The van der Waals surface area contributed by atoms with Crippen LogP contribution in [0.25, 0.3) is 21.3 Å². The van der Waals surface area contributed by atoms with E-state index in [2.05, 4.69) is 15.3 Å². The van der Waals surface area contributed by atoms with Gasteiger partial charge in [-0.2, -0.15) is 0 Å². The molecule has 1 aromatic carbocycles. The number of carbonyl (C=O) groups excluding carboxylic acids is 1. The van der Waals surface area contributed by atoms with Crippen LogP contribution in [0.15, 0.2) is 41.0 Å². The second-order valence-corrected chi connectivity index (χ2v) is 7.75. The lowest BCUT2D eigenvalue weighted by Crippen LogP contribution is -2.31. The summed E-state index contributed by atoms with van der Waals surface area (Å²) in [5.41, 5.74) is 1.87. The molecule has 0 spiro atoms. The van der Waals surface area contributed by atoms with Gasteiger partial charge in [-0.05, 0) is 31.0 Å². The Morgan fingerprint density at radius 1 is 1.32 bits per heavy atom. The van der Waals surface area contributed by atoms with Crippen molar-refractivity contribution in [3.05, 3.63) is 41.8 Å². The number of nitrogens with one attached hydrogen (secondary N) is 1. The zero-order valence-electron chi connectivity index (χ0n) is 14.0. The summed E-state index contributed by atoms with van der Waals surface area (Å²) in [5.74, 6) is -0.271. The van der Waals surface area contributed by atoms with E-state index in [0.29, 0.717) is 6.54 Å². The van der Waals surface area contributed by atoms with Crippen LogP contribution in [0.2, 0.25) is 0 Å². The Hall–Kier alpha value is -1.99. The van der Waals surface area contributed by atoms with E-state index in [9.17, 15) is 9.18 Å². The number of rotatable bonds is 6. The van der Waals surface area contributed by atoms with Crippen LogP contribution in [-0.4, -0.2) is 27.7 Å². The van der Waals surface area contributed by atoms with Gasteiger partial charge in [-0.15, -0.1) is 11.3 Å². The molecule has 2 heterocycles. The maximum Gasteiger partial charge on any atom is 0.233 e. The smallest absolute Gasteiger partial charge is 0.233 e. The van der Waals surface area contributed by atoms with Crippen LogP contribution in [0.3, 0.4) is 0 Å². The molecule has 0 bridgehead atoms. The monoisotopic (exact) mass is 375 g/mol. The summed E-state index contributed by atoms with van der Waals surface area (Å²) in [6, 6.07) is 6.37. The number of aromatic nitrogens is 2. The summed E-state index contributed by atoms with van der Waals surface area (Å²) < 4.78 is 13.2. The summed E-state index contributed by atoms with van der Waals surface area (Å²) in [6.07, 6.45) is 2.42. The standard InChI is InChI=1S/C18H18FN3OS2/c1-3-8-20-16(23)11(2)25-18-15-14(9-24-17(15)21-10-22-18)12-4-6-13(19)7-5-12/h4-7,9-11H,3,8H2,1-2H3,(H,20,23). The molecular weight excluding hydrogens is 357 g/mol. The Labute approximate surface area is 153 Å². The number of carbonyl (C=O) groups is 1. The highest BCUT2D eigenvalue weighted by atomic mass is 32.2. The number of amides is 1. The molecule has 0 fully saturated rings. The summed E-state index contributed by atoms with van der Waals surface area (Å²) in [4.78, 5) is 21.7. The number of hydrogen-bond donors (Lipinski definition) is 1. The van der Waals surface area contributed by atoms with Crippen LogP contribution in [-0.2, 0) is 4.79 Å². The Morgan fingerprint density at radius 2 is 2.08 bits per heavy atom. The van der Waals surface area contributed by atoms with Crippen LogP contribution < -0.4 is 5.32 Å². The highest BCUT2D eigenvalue weighted by molar-refractivity contribution is 8.00. The van der Waals surface area contributed by atoms with Gasteiger partial charge in [0.15, 0.2) is 0 Å². The first-order valence-corrected chi connectivity index (χ1v) is 9.78. The molecule has 0 aliphatic carbocycles. The van der Waals surface area contributed by atoms with E-state index in [1.807, 2.05) is 19.2 Å². The van der Waals surface area contributed by atoms with Crippen molar-refractivity contribution >= 4 is 39.2 Å². The van der Waals surface area contributed by atoms with Gasteiger partial charge >= 0.3 is 0 Å². The minimum absolute atomic E-state index is 0.00262. The van der Waals surface area contributed by atoms with E-state index in [1.54, 1.807) is 12.1 Å². The van der Waals surface area contributed by atoms with E-state index < -0.39 is 0 Å². The van der Waals surface area contributed by atoms with Crippen molar-refractivity contribution in [2.45, 2.75) is 30.5 Å². The zero-order chi connectivity index (χ0) is 17.8. The van der Waals surface area contributed by atoms with Crippen LogP contribution in [0.5, 0.6) is 0 Å². The molecule has 0 saturated carbocycles. The Morgan fingerprint density at radius 3 is 2.80 bits per heavy atom. The second-order valence-electron chi connectivity index (χ2n) is 5.57. The lowest BCUT2D eigenvalue weighted by atomic mass is 10.1. The van der Waals surface area contributed by atoms with Crippen molar-refractivity contribution in [3.63, 3.8) is 0 Å². The Kier molecular flexibility index (Phi) is 5.65. The molecule has 3 aromatic rings. The average molecular weight is 375 g/mol. The van der Waals surface area contributed by atoms with Gasteiger partial charge in [-0.1, -0.05) is 30.8 Å². The Balaban J connectivity index is 1.94. The van der Waals surface area contributed by atoms with Gasteiger partial charge in [0.25, 0.3) is 0 Å². The van der Waals surface area contributed by atoms with Crippen molar-refractivity contribution in [1.29, 1.82) is 0 Å². The number of thioether (sulfide) groups is 1. The number of hydrogen-bond acceptors (Lipinski definition) is 5. The molecule has 0 aliphatic rings. The molecule has 2 aromatic heterocycles. The largest absolute Gasteiger partial charge is 0.355 e. The summed E-state index contributed by atoms with van der Waals surface area (Å²) in [5, 5.41) is 6.33. The van der Waals surface area contributed by atoms with Gasteiger partial charge in [-0.25, -0.2) is 14.4 Å². The summed E-state index contributed by atoms with van der Waals surface area (Å²) in [6.45, 7) is 4.56. The minimum Gasteiger partial charge on any atom is -0.355 e. The molecule has 1 N–H and O–H groups in total. The van der Waals surface area contributed by atoms with Gasteiger partial charge in [0, 0.05) is 17.5 Å². The van der Waals surface area contributed by atoms with E-state index in [1.165, 1.54) is 41.6 Å². The zero-order valence-corrected chi connectivity index (χ0v) is 15.6. The molecule has 4 nitrogen and oxygen atoms in total. The third-order valence-electron chi connectivity index (χ3n) is 3.70. The fourth-order valence-electron chi connectivity index (χ4n) is 2.39. The molecule has 0 aliphatic heterocycles. The lowest BCUT2D eigenvalue weighted by molar-refractivity contribution is -0.120. The lowest BCUT2D eigenvalue weighted by Gasteiger charge is -2.12. The quantitative estimate of drug-likeness (QED) is 0.509. The first-order chi connectivity index (χ1) is 12.1. The van der Waals surface area contributed by atoms with Gasteiger partial charge < -0.3 is 5.32 Å². The number of fused-ring (bicyclic) bond motifs is 1. The minimum atomic E-state index is -0.268. The average Bonchev–Trinajstić information content (AvgIpc) is 3.05. The SMILES string of the molecule is CCCNC(=O)C(C)Sc1ncnc2scc(-c3ccc(F)cc3)c12. The highest BCUT2D eigenvalue weighted by Crippen LogP contribution is 2.38. The highest BCUT2D eigenvalue weighted by Gasteiger charge is 2.19. The Bertz CT molecular complexity index is 880. The molecule has 1 atom stereocenters. The maximum absolute atomic E-state index is 13.2. The molecule has 130 valence electrons. The number of thiophene rings is 1. The van der Waals surface area contributed by atoms with E-state index >= 15 is 0 Å². The van der Waals surface area contributed by atoms with Gasteiger partial charge in [0.2, 0.25) is 5.91 Å². The molecule has 0 radical (unpaired) electrons. The summed E-state index contributed by atoms with van der Waals surface area (Å²) >= 11 is 2.94. The van der Waals surface area contributed by atoms with Gasteiger partial charge in [0.05, 0.1) is 10.6 Å². The fraction of sp³-hybridized carbons (Fsp3) is 0.278. The molecule has 3 rings (SSSR count). The van der Waals surface area contributed by atoms with Crippen LogP contribution in [0, 0.1) is 5.82 Å². The number of halogens is 1. The molecule has 25 heavy (non-hydrogen) atoms. The third-order valence-corrected chi connectivity index (χ3v) is 5.68. The predicted octanol–water partition coefficient (Wildman–Crippen LogP) is 4.50. The van der Waals surface area contributed by atoms with Crippen molar-refractivity contribution in [2.24, 2.45) is 0 Å². The van der Waals surface area contributed by atoms with Crippen LogP contribution >= 0.6 is 23.1 Å². The normalized spacial score (nSPS) is 12.3. The summed E-state index contributed by atoms with van der Waals surface area (Å²) in [7, 11) is 0. The van der Waals surface area contributed by atoms with Gasteiger partial charge in [-0.3, -0.25) is 4.79 Å². The first-order valence-electron chi connectivity index (χ1n) is 8.02. The van der Waals surface area contributed by atoms with Crippen molar-refractivity contribution < 1.29 is 9.18 Å². The molecule has 7 heteroatoms. The van der Waals surface area contributed by atoms with E-state index in [-0.39, 0.29) is 17.0 Å². The van der Waals surface area contributed by atoms with E-state index in [4.69, 9.17) is 0 Å². The predicted molar refractivity (Wildman–Crippen MR) is 101 cm³/mol. The molecule has 0 saturated heterocycles. The van der Waals surface area contributed by atoms with E-state index in [0.717, 1.165) is 32.8 Å².